The van der Waals surface area contributed by atoms with Gasteiger partial charge in [-0.05, 0) is 49.9 Å². The van der Waals surface area contributed by atoms with Crippen LogP contribution in [0.5, 0.6) is 5.75 Å². The van der Waals surface area contributed by atoms with E-state index in [2.05, 4.69) is 5.32 Å². The maximum absolute atomic E-state index is 11.6. The van der Waals surface area contributed by atoms with Crippen molar-refractivity contribution < 1.29 is 15.0 Å². The molecule has 0 saturated heterocycles. The fourth-order valence-corrected chi connectivity index (χ4v) is 2.26. The molecule has 0 aromatic heterocycles. The van der Waals surface area contributed by atoms with Crippen molar-refractivity contribution in [3.05, 3.63) is 29.8 Å². The minimum absolute atomic E-state index is 0.0386. The zero-order chi connectivity index (χ0) is 16.2. The normalized spacial score (nSPS) is 12.1. The van der Waals surface area contributed by atoms with Gasteiger partial charge in [-0.25, -0.2) is 0 Å². The van der Waals surface area contributed by atoms with E-state index >= 15 is 0 Å². The molecular weight excluding hydrogens is 280 g/mol. The van der Waals surface area contributed by atoms with E-state index in [0.29, 0.717) is 25.8 Å². The summed E-state index contributed by atoms with van der Waals surface area (Å²) < 4.78 is 0. The summed E-state index contributed by atoms with van der Waals surface area (Å²) in [6, 6.07) is 6.49. The molecule has 1 aromatic carbocycles. The van der Waals surface area contributed by atoms with Crippen LogP contribution in [0.4, 0.5) is 0 Å². The molecule has 0 spiro atoms. The van der Waals surface area contributed by atoms with Crippen LogP contribution >= 0.6 is 0 Å². The highest BCUT2D eigenvalue weighted by atomic mass is 16.3. The number of unbranched alkanes of at least 4 members (excludes halogenated alkanes) is 3. The summed E-state index contributed by atoms with van der Waals surface area (Å²) in [4.78, 5) is 11.6. The van der Waals surface area contributed by atoms with Crippen LogP contribution in [0, 0.1) is 0 Å². The molecule has 0 aliphatic carbocycles. The molecular formula is C17H28N2O3. The first kappa shape index (κ1) is 18.5. The lowest BCUT2D eigenvalue weighted by Gasteiger charge is -2.11. The third-order valence-electron chi connectivity index (χ3n) is 3.61. The number of phenolic OH excluding ortho intramolecular Hbond substituents is 1. The van der Waals surface area contributed by atoms with Gasteiger partial charge in [0.2, 0.25) is 5.91 Å². The van der Waals surface area contributed by atoms with E-state index in [1.165, 1.54) is 0 Å². The molecule has 0 heterocycles. The Morgan fingerprint density at radius 2 is 1.77 bits per heavy atom. The van der Waals surface area contributed by atoms with E-state index in [-0.39, 0.29) is 11.7 Å². The van der Waals surface area contributed by atoms with Gasteiger partial charge >= 0.3 is 0 Å². The summed E-state index contributed by atoms with van der Waals surface area (Å²) in [5.74, 6) is 0.221. The second-order valence-electron chi connectivity index (χ2n) is 5.55. The summed E-state index contributed by atoms with van der Waals surface area (Å²) in [6.45, 7) is 1.44. The van der Waals surface area contributed by atoms with Crippen LogP contribution in [0.2, 0.25) is 0 Å². The number of hydrogen-bond acceptors (Lipinski definition) is 4. The van der Waals surface area contributed by atoms with Crippen LogP contribution in [0.25, 0.3) is 0 Å². The smallest absolute Gasteiger partial charge is 0.219 e. The largest absolute Gasteiger partial charge is 0.508 e. The minimum atomic E-state index is -0.593. The number of aromatic hydroxyl groups is 1. The van der Waals surface area contributed by atoms with Crippen LogP contribution in [-0.4, -0.2) is 29.2 Å². The summed E-state index contributed by atoms with van der Waals surface area (Å²) >= 11 is 0. The molecule has 0 aliphatic heterocycles. The second-order valence-corrected chi connectivity index (χ2v) is 5.55. The molecule has 0 saturated carbocycles. The third-order valence-corrected chi connectivity index (χ3v) is 3.61. The van der Waals surface area contributed by atoms with E-state index in [1.807, 2.05) is 0 Å². The highest BCUT2D eigenvalue weighted by molar-refractivity contribution is 5.75. The lowest BCUT2D eigenvalue weighted by molar-refractivity contribution is -0.121. The predicted octanol–water partition coefficient (Wildman–Crippen LogP) is 2.23. The quantitative estimate of drug-likeness (QED) is 0.471. The van der Waals surface area contributed by atoms with Crippen LogP contribution in [-0.2, 0) is 4.79 Å². The Morgan fingerprint density at radius 3 is 2.45 bits per heavy atom. The Hall–Kier alpha value is -1.59. The molecule has 1 amide bonds. The SMILES string of the molecule is NCCCCCCNC(=O)CCCC(O)c1ccc(O)cc1. The standard InChI is InChI=1S/C17H28N2O3/c18-12-3-1-2-4-13-19-17(22)7-5-6-16(21)14-8-10-15(20)11-9-14/h8-11,16,20-21H,1-7,12-13,18H2,(H,19,22). The number of rotatable bonds is 11. The Labute approximate surface area is 132 Å². The van der Waals surface area contributed by atoms with Gasteiger partial charge in [0.25, 0.3) is 0 Å². The highest BCUT2D eigenvalue weighted by Crippen LogP contribution is 2.21. The van der Waals surface area contributed by atoms with Crippen molar-refractivity contribution in [2.24, 2.45) is 5.73 Å². The number of benzene rings is 1. The van der Waals surface area contributed by atoms with Gasteiger partial charge in [0.05, 0.1) is 6.10 Å². The van der Waals surface area contributed by atoms with Gasteiger partial charge in [0.15, 0.2) is 0 Å². The average Bonchev–Trinajstić information content (AvgIpc) is 2.51. The zero-order valence-corrected chi connectivity index (χ0v) is 13.1. The number of aliphatic hydroxyl groups is 1. The first-order valence-corrected chi connectivity index (χ1v) is 8.07. The fraction of sp³-hybridized carbons (Fsp3) is 0.588. The average molecular weight is 308 g/mol. The van der Waals surface area contributed by atoms with Crippen molar-refractivity contribution in [2.45, 2.75) is 51.0 Å². The zero-order valence-electron chi connectivity index (χ0n) is 13.1. The lowest BCUT2D eigenvalue weighted by atomic mass is 10.0. The Morgan fingerprint density at radius 1 is 1.09 bits per heavy atom. The van der Waals surface area contributed by atoms with Gasteiger partial charge in [-0.15, -0.1) is 0 Å². The first-order valence-electron chi connectivity index (χ1n) is 8.07. The van der Waals surface area contributed by atoms with Crippen molar-refractivity contribution in [2.75, 3.05) is 13.1 Å². The molecule has 1 unspecified atom stereocenters. The van der Waals surface area contributed by atoms with Gasteiger partial charge in [0.1, 0.15) is 5.75 Å². The van der Waals surface area contributed by atoms with Crippen LogP contribution in [0.15, 0.2) is 24.3 Å². The summed E-state index contributed by atoms with van der Waals surface area (Å²) in [6.07, 6.45) is 5.26. The van der Waals surface area contributed by atoms with E-state index in [9.17, 15) is 15.0 Å². The van der Waals surface area contributed by atoms with Crippen molar-refractivity contribution in [1.82, 2.24) is 5.32 Å². The summed E-state index contributed by atoms with van der Waals surface area (Å²) in [5.41, 5.74) is 6.18. The third kappa shape index (κ3) is 8.00. The summed E-state index contributed by atoms with van der Waals surface area (Å²) in [5, 5.41) is 22.1. The fourth-order valence-electron chi connectivity index (χ4n) is 2.26. The molecule has 5 heteroatoms. The molecule has 1 aromatic rings. The van der Waals surface area contributed by atoms with E-state index in [0.717, 1.165) is 37.8 Å². The number of carbonyl (C=O) groups is 1. The van der Waals surface area contributed by atoms with Gasteiger partial charge < -0.3 is 21.3 Å². The predicted molar refractivity (Wildman–Crippen MR) is 87.4 cm³/mol. The van der Waals surface area contributed by atoms with Crippen LogP contribution in [0.1, 0.15) is 56.6 Å². The first-order chi connectivity index (χ1) is 10.6. The van der Waals surface area contributed by atoms with Crippen molar-refractivity contribution in [3.8, 4) is 5.75 Å². The Bertz CT molecular complexity index is 420. The number of amides is 1. The Balaban J connectivity index is 2.08. The molecule has 0 radical (unpaired) electrons. The molecule has 0 fully saturated rings. The molecule has 1 rings (SSSR count). The number of nitrogens with one attached hydrogen (secondary N) is 1. The molecule has 124 valence electrons. The molecule has 5 N–H and O–H groups in total. The molecule has 22 heavy (non-hydrogen) atoms. The highest BCUT2D eigenvalue weighted by Gasteiger charge is 2.08. The Kier molecular flexibility index (Phi) is 9.26. The number of aliphatic hydroxyl groups excluding tert-OH is 1. The van der Waals surface area contributed by atoms with Crippen LogP contribution in [0.3, 0.4) is 0 Å². The molecule has 0 aliphatic rings. The van der Waals surface area contributed by atoms with Gasteiger partial charge in [0, 0.05) is 13.0 Å². The van der Waals surface area contributed by atoms with E-state index in [1.54, 1.807) is 24.3 Å². The van der Waals surface area contributed by atoms with E-state index in [4.69, 9.17) is 5.73 Å². The van der Waals surface area contributed by atoms with Crippen molar-refractivity contribution in [3.63, 3.8) is 0 Å². The minimum Gasteiger partial charge on any atom is -0.508 e. The second kappa shape index (κ2) is 11.0. The molecule has 5 nitrogen and oxygen atoms in total. The van der Waals surface area contributed by atoms with Crippen molar-refractivity contribution in [1.29, 1.82) is 0 Å². The van der Waals surface area contributed by atoms with Crippen molar-refractivity contribution >= 4 is 5.91 Å². The maximum atomic E-state index is 11.6. The molecule has 1 atom stereocenters. The van der Waals surface area contributed by atoms with Gasteiger partial charge in [-0.1, -0.05) is 25.0 Å². The number of phenols is 1. The maximum Gasteiger partial charge on any atom is 0.219 e. The monoisotopic (exact) mass is 308 g/mol. The van der Waals surface area contributed by atoms with Crippen LogP contribution < -0.4 is 11.1 Å². The number of hydrogen-bond donors (Lipinski definition) is 4. The molecule has 0 bridgehead atoms. The van der Waals surface area contributed by atoms with E-state index < -0.39 is 6.10 Å². The van der Waals surface area contributed by atoms with Gasteiger partial charge in [-0.2, -0.15) is 0 Å². The lowest BCUT2D eigenvalue weighted by Crippen LogP contribution is -2.24. The number of carbonyl (C=O) groups excluding carboxylic acids is 1. The number of nitrogens with two attached hydrogens (primary N) is 1. The van der Waals surface area contributed by atoms with Gasteiger partial charge in [-0.3, -0.25) is 4.79 Å². The topological polar surface area (TPSA) is 95.6 Å². The summed E-state index contributed by atoms with van der Waals surface area (Å²) in [7, 11) is 0.